The molecule has 3 rings (SSSR count). The molecule has 7 heteroatoms. The first-order valence-electron chi connectivity index (χ1n) is 9.89. The van der Waals surface area contributed by atoms with Crippen LogP contribution in [0.2, 0.25) is 0 Å². The maximum absolute atomic E-state index is 13.2. The first kappa shape index (κ1) is 20.8. The third-order valence-corrected chi connectivity index (χ3v) is 5.35. The Labute approximate surface area is 170 Å². The number of aromatic nitrogens is 2. The van der Waals surface area contributed by atoms with Gasteiger partial charge in [0.1, 0.15) is 5.69 Å². The predicted octanol–water partition coefficient (Wildman–Crippen LogP) is 2.84. The molecule has 0 saturated heterocycles. The lowest BCUT2D eigenvalue weighted by Gasteiger charge is -2.22. The van der Waals surface area contributed by atoms with Crippen molar-refractivity contribution in [3.05, 3.63) is 52.6 Å². The number of rotatable bonds is 8. The van der Waals surface area contributed by atoms with Gasteiger partial charge in [0.25, 0.3) is 0 Å². The Bertz CT molecular complexity index is 929. The SMILES string of the molecule is CCOC(=O)c1c(C)c(C(=O)CN(Cc2cccnc2)C(=O)C2CC2)c(C)n1C. The Hall–Kier alpha value is -2.96. The van der Waals surface area contributed by atoms with Gasteiger partial charge in [0, 0.05) is 43.2 Å². The van der Waals surface area contributed by atoms with Crippen LogP contribution in [0.15, 0.2) is 24.5 Å². The molecule has 1 aliphatic carbocycles. The molecule has 0 spiro atoms. The molecule has 2 heterocycles. The first-order valence-corrected chi connectivity index (χ1v) is 9.89. The van der Waals surface area contributed by atoms with Gasteiger partial charge in [-0.25, -0.2) is 4.79 Å². The summed E-state index contributed by atoms with van der Waals surface area (Å²) in [7, 11) is 1.74. The molecule has 1 amide bonds. The topological polar surface area (TPSA) is 81.5 Å². The Balaban J connectivity index is 1.87. The van der Waals surface area contributed by atoms with E-state index in [0.29, 0.717) is 29.1 Å². The third kappa shape index (κ3) is 4.39. The number of amides is 1. The van der Waals surface area contributed by atoms with Crippen LogP contribution in [0, 0.1) is 19.8 Å². The van der Waals surface area contributed by atoms with Gasteiger partial charge in [-0.15, -0.1) is 0 Å². The lowest BCUT2D eigenvalue weighted by molar-refractivity contribution is -0.132. The number of pyridine rings is 1. The molecule has 0 unspecified atom stereocenters. The lowest BCUT2D eigenvalue weighted by atomic mass is 10.0. The van der Waals surface area contributed by atoms with Crippen LogP contribution in [-0.2, 0) is 23.1 Å². The summed E-state index contributed by atoms with van der Waals surface area (Å²) in [5.41, 5.74) is 3.02. The molecule has 0 aromatic carbocycles. The van der Waals surface area contributed by atoms with Gasteiger partial charge in [-0.2, -0.15) is 0 Å². The van der Waals surface area contributed by atoms with Gasteiger partial charge in [0.2, 0.25) is 5.91 Å². The summed E-state index contributed by atoms with van der Waals surface area (Å²) >= 11 is 0. The minimum atomic E-state index is -0.448. The molecule has 0 aliphatic heterocycles. The molecule has 2 aromatic heterocycles. The van der Waals surface area contributed by atoms with Gasteiger partial charge in [-0.3, -0.25) is 14.6 Å². The van der Waals surface area contributed by atoms with Crippen molar-refractivity contribution in [3.8, 4) is 0 Å². The first-order chi connectivity index (χ1) is 13.8. The molecular weight excluding hydrogens is 370 g/mol. The fourth-order valence-corrected chi connectivity index (χ4v) is 3.64. The fourth-order valence-electron chi connectivity index (χ4n) is 3.64. The summed E-state index contributed by atoms with van der Waals surface area (Å²) in [6, 6.07) is 3.70. The number of esters is 1. The average Bonchev–Trinajstić information content (AvgIpc) is 3.50. The van der Waals surface area contributed by atoms with Crippen LogP contribution in [-0.4, -0.2) is 45.3 Å². The van der Waals surface area contributed by atoms with Crippen molar-refractivity contribution < 1.29 is 19.1 Å². The maximum atomic E-state index is 13.2. The Morgan fingerprint density at radius 1 is 1.28 bits per heavy atom. The largest absolute Gasteiger partial charge is 0.461 e. The van der Waals surface area contributed by atoms with E-state index in [2.05, 4.69) is 4.98 Å². The molecule has 1 fully saturated rings. The molecule has 0 N–H and O–H groups in total. The number of hydrogen-bond acceptors (Lipinski definition) is 5. The van der Waals surface area contributed by atoms with E-state index in [0.717, 1.165) is 18.4 Å². The van der Waals surface area contributed by atoms with Gasteiger partial charge in [-0.05, 0) is 50.8 Å². The lowest BCUT2D eigenvalue weighted by Crippen LogP contribution is -2.36. The highest BCUT2D eigenvalue weighted by atomic mass is 16.5. The summed E-state index contributed by atoms with van der Waals surface area (Å²) in [6.07, 6.45) is 5.12. The van der Waals surface area contributed by atoms with Crippen molar-refractivity contribution in [1.29, 1.82) is 0 Å². The number of hydrogen-bond donors (Lipinski definition) is 0. The van der Waals surface area contributed by atoms with Crippen molar-refractivity contribution >= 4 is 17.7 Å². The van der Waals surface area contributed by atoms with E-state index in [1.54, 1.807) is 49.7 Å². The summed E-state index contributed by atoms with van der Waals surface area (Å²) in [6.45, 7) is 5.87. The molecule has 7 nitrogen and oxygen atoms in total. The summed E-state index contributed by atoms with van der Waals surface area (Å²) in [4.78, 5) is 44.0. The van der Waals surface area contributed by atoms with Crippen molar-refractivity contribution in [1.82, 2.24) is 14.5 Å². The minimum absolute atomic E-state index is 0.000874. The van der Waals surface area contributed by atoms with Crippen LogP contribution in [0.1, 0.15) is 57.4 Å². The highest BCUT2D eigenvalue weighted by Gasteiger charge is 2.35. The number of Topliss-reactive ketones (excluding diaryl/α,β-unsaturated/α-hetero) is 1. The predicted molar refractivity (Wildman–Crippen MR) is 108 cm³/mol. The highest BCUT2D eigenvalue weighted by molar-refractivity contribution is 6.04. The Morgan fingerprint density at radius 2 is 2.00 bits per heavy atom. The molecule has 0 radical (unpaired) electrons. The molecule has 0 atom stereocenters. The molecule has 29 heavy (non-hydrogen) atoms. The second-order valence-corrected chi connectivity index (χ2v) is 7.47. The fraction of sp³-hybridized carbons (Fsp3) is 0.455. The van der Waals surface area contributed by atoms with Crippen LogP contribution < -0.4 is 0 Å². The van der Waals surface area contributed by atoms with E-state index in [9.17, 15) is 14.4 Å². The van der Waals surface area contributed by atoms with Gasteiger partial charge < -0.3 is 14.2 Å². The van der Waals surface area contributed by atoms with Crippen LogP contribution in [0.4, 0.5) is 0 Å². The minimum Gasteiger partial charge on any atom is -0.461 e. The number of carbonyl (C=O) groups is 3. The van der Waals surface area contributed by atoms with Crippen LogP contribution in [0.3, 0.4) is 0 Å². The zero-order chi connectivity index (χ0) is 21.1. The number of carbonyl (C=O) groups excluding carboxylic acids is 3. The Kier molecular flexibility index (Phi) is 6.15. The smallest absolute Gasteiger partial charge is 0.355 e. The van der Waals surface area contributed by atoms with E-state index in [1.165, 1.54) is 0 Å². The molecule has 1 saturated carbocycles. The van der Waals surface area contributed by atoms with Crippen molar-refractivity contribution in [3.63, 3.8) is 0 Å². The Morgan fingerprint density at radius 3 is 2.59 bits per heavy atom. The summed E-state index contributed by atoms with van der Waals surface area (Å²) in [5.74, 6) is -0.619. The zero-order valence-electron chi connectivity index (χ0n) is 17.4. The number of ketones is 1. The quantitative estimate of drug-likeness (QED) is 0.505. The second kappa shape index (κ2) is 8.59. The van der Waals surface area contributed by atoms with E-state index < -0.39 is 5.97 Å². The van der Waals surface area contributed by atoms with Gasteiger partial charge in [0.05, 0.1) is 13.2 Å². The normalized spacial score (nSPS) is 13.2. The summed E-state index contributed by atoms with van der Waals surface area (Å²) in [5, 5.41) is 0. The number of nitrogens with zero attached hydrogens (tertiary/aromatic N) is 3. The maximum Gasteiger partial charge on any atom is 0.355 e. The summed E-state index contributed by atoms with van der Waals surface area (Å²) < 4.78 is 6.82. The van der Waals surface area contributed by atoms with E-state index in [-0.39, 0.29) is 30.8 Å². The van der Waals surface area contributed by atoms with E-state index in [1.807, 2.05) is 12.1 Å². The second-order valence-electron chi connectivity index (χ2n) is 7.47. The molecule has 0 bridgehead atoms. The van der Waals surface area contributed by atoms with Gasteiger partial charge >= 0.3 is 5.97 Å². The van der Waals surface area contributed by atoms with Crippen molar-refractivity contribution in [2.24, 2.45) is 13.0 Å². The van der Waals surface area contributed by atoms with Crippen LogP contribution in [0.25, 0.3) is 0 Å². The van der Waals surface area contributed by atoms with Crippen molar-refractivity contribution in [2.75, 3.05) is 13.2 Å². The monoisotopic (exact) mass is 397 g/mol. The zero-order valence-corrected chi connectivity index (χ0v) is 17.4. The number of ether oxygens (including phenoxy) is 1. The standard InChI is InChI=1S/C22H27N3O4/c1-5-29-22(28)20-14(2)19(15(3)24(20)4)18(26)13-25(21(27)17-8-9-17)12-16-7-6-10-23-11-16/h6-7,10-11,17H,5,8-9,12-13H2,1-4H3. The third-order valence-electron chi connectivity index (χ3n) is 5.35. The van der Waals surface area contributed by atoms with Crippen molar-refractivity contribution in [2.45, 2.75) is 40.2 Å². The van der Waals surface area contributed by atoms with Crippen LogP contribution >= 0.6 is 0 Å². The molecule has 2 aromatic rings. The molecular formula is C22H27N3O4. The van der Waals surface area contributed by atoms with Gasteiger partial charge in [0.15, 0.2) is 5.78 Å². The van der Waals surface area contributed by atoms with Crippen LogP contribution in [0.5, 0.6) is 0 Å². The average molecular weight is 397 g/mol. The van der Waals surface area contributed by atoms with E-state index >= 15 is 0 Å². The van der Waals surface area contributed by atoms with Gasteiger partial charge in [-0.1, -0.05) is 6.07 Å². The van der Waals surface area contributed by atoms with E-state index in [4.69, 9.17) is 4.74 Å². The highest BCUT2D eigenvalue weighted by Crippen LogP contribution is 2.32. The molecule has 1 aliphatic rings. The molecule has 154 valence electrons.